The Labute approximate surface area is 57.0 Å². The second-order valence-electron chi connectivity index (χ2n) is 1.99. The van der Waals surface area contributed by atoms with Gasteiger partial charge < -0.3 is 0 Å². The smallest absolute Gasteiger partial charge is 0.248 e. The maximum atomic E-state index is 11.0. The number of amides is 1. The van der Waals surface area contributed by atoms with Crippen LogP contribution >= 0.6 is 0 Å². The molecule has 0 fully saturated rings. The summed E-state index contributed by atoms with van der Waals surface area (Å²) in [7, 11) is 2.88. The van der Waals surface area contributed by atoms with Crippen LogP contribution < -0.4 is 0 Å². The van der Waals surface area contributed by atoms with Gasteiger partial charge in [0.15, 0.2) is 0 Å². The molecule has 9 heavy (non-hydrogen) atoms. The van der Waals surface area contributed by atoms with Gasteiger partial charge in [-0.1, -0.05) is 13.8 Å². The van der Waals surface area contributed by atoms with Crippen molar-refractivity contribution < 1.29 is 11.0 Å². The molecule has 0 N–H and O–H groups in total. The van der Waals surface area contributed by atoms with Gasteiger partial charge in [-0.25, -0.2) is 5.06 Å². The molecule has 0 radical (unpaired) electrons. The first kappa shape index (κ1) is 6.55. The average Bonchev–Trinajstić information content (AvgIpc) is 1.83. The third kappa shape index (κ3) is 2.46. The molecule has 0 aromatic carbocycles. The highest BCUT2D eigenvalue weighted by Crippen LogP contribution is 1.97. The van der Waals surface area contributed by atoms with Crippen LogP contribution in [0.25, 0.3) is 0 Å². The van der Waals surface area contributed by atoms with Crippen LogP contribution in [0.3, 0.4) is 0 Å². The molecule has 0 heterocycles. The lowest BCUT2D eigenvalue weighted by atomic mass is 10.5. The number of hydroxylamine groups is 2. The molecule has 0 aliphatic heterocycles. The molecule has 54 valence electrons. The average molecular weight is 134 g/mol. The number of hydrogen-bond donors (Lipinski definition) is 0. The third-order valence-corrected chi connectivity index (χ3v) is 0.988. The number of hydrogen-bond acceptors (Lipinski definition) is 2. The summed E-state index contributed by atoms with van der Waals surface area (Å²) >= 11 is 0. The van der Waals surface area contributed by atoms with Gasteiger partial charge >= 0.3 is 0 Å². The highest BCUT2D eigenvalue weighted by molar-refractivity contribution is 5.76. The van der Waals surface area contributed by atoms with Crippen molar-refractivity contribution in [3.63, 3.8) is 0 Å². The zero-order valence-electron chi connectivity index (χ0n) is 7.26. The first-order valence-electron chi connectivity index (χ1n) is 3.22. The van der Waals surface area contributed by atoms with Crippen molar-refractivity contribution in [2.24, 2.45) is 5.89 Å². The van der Waals surface area contributed by atoms with Crippen molar-refractivity contribution in [1.82, 2.24) is 5.06 Å². The predicted molar refractivity (Wildman–Crippen MR) is 34.6 cm³/mol. The van der Waals surface area contributed by atoms with Gasteiger partial charge in [0, 0.05) is 14.3 Å². The third-order valence-electron chi connectivity index (χ3n) is 0.988. The van der Waals surface area contributed by atoms with Gasteiger partial charge in [-0.05, 0) is 0 Å². The molecule has 0 aliphatic carbocycles. The Hall–Kier alpha value is -0.570. The van der Waals surface area contributed by atoms with Crippen molar-refractivity contribution >= 4 is 5.91 Å². The van der Waals surface area contributed by atoms with E-state index in [1.54, 1.807) is 0 Å². The van der Waals surface area contributed by atoms with Crippen molar-refractivity contribution in [3.05, 3.63) is 0 Å². The minimum Gasteiger partial charge on any atom is -0.275 e. The fourth-order valence-electron chi connectivity index (χ4n) is 0.398. The van der Waals surface area contributed by atoms with Crippen LogP contribution in [0.1, 0.15) is 15.2 Å². The van der Waals surface area contributed by atoms with E-state index in [1.807, 2.05) is 0 Å². The summed E-state index contributed by atoms with van der Waals surface area (Å²) in [5.41, 5.74) is 0. The van der Waals surface area contributed by atoms with Gasteiger partial charge in [0.2, 0.25) is 5.91 Å². The van der Waals surface area contributed by atoms with Crippen molar-refractivity contribution in [2.75, 3.05) is 14.2 Å². The Kier molecular flexibility index (Phi) is 2.51. The number of nitrogens with zero attached hydrogens (tertiary/aromatic N) is 1. The Morgan fingerprint density at radius 2 is 2.22 bits per heavy atom. The summed E-state index contributed by atoms with van der Waals surface area (Å²) in [6.07, 6.45) is 0. The molecule has 3 heteroatoms. The van der Waals surface area contributed by atoms with E-state index in [0.717, 1.165) is 5.06 Å². The molecular weight excluding hydrogens is 120 g/mol. The summed E-state index contributed by atoms with van der Waals surface area (Å²) in [6, 6.07) is 0. The summed E-state index contributed by atoms with van der Waals surface area (Å²) in [5, 5.41) is 1.05. The van der Waals surface area contributed by atoms with E-state index < -0.39 is 5.89 Å². The van der Waals surface area contributed by atoms with E-state index in [2.05, 4.69) is 4.84 Å². The van der Waals surface area contributed by atoms with Crippen LogP contribution in [-0.4, -0.2) is 25.1 Å². The largest absolute Gasteiger partial charge is 0.275 e. The lowest BCUT2D eigenvalue weighted by Gasteiger charge is -2.15. The van der Waals surface area contributed by atoms with Crippen molar-refractivity contribution in [2.45, 2.75) is 13.8 Å². The molecule has 1 atom stereocenters. The predicted octanol–water partition coefficient (Wildman–Crippen LogP) is 0.662. The Bertz CT molecular complexity index is 130. The summed E-state index contributed by atoms with van der Waals surface area (Å²) in [5.74, 6) is -1.46. The normalized spacial score (nSPS) is 18.0. The van der Waals surface area contributed by atoms with Crippen LogP contribution in [-0.2, 0) is 9.63 Å². The van der Waals surface area contributed by atoms with Gasteiger partial charge in [0.05, 0.1) is 7.11 Å². The minimum atomic E-state index is -1.11. The quantitative estimate of drug-likeness (QED) is 0.410. The molecule has 3 nitrogen and oxygen atoms in total. The van der Waals surface area contributed by atoms with E-state index in [-0.39, 0.29) is 5.91 Å². The fourth-order valence-corrected chi connectivity index (χ4v) is 0.398. The number of rotatable bonds is 2. The lowest BCUT2D eigenvalue weighted by molar-refractivity contribution is -0.172. The second kappa shape index (κ2) is 3.45. The van der Waals surface area contributed by atoms with Crippen LogP contribution in [0, 0.1) is 5.89 Å². The van der Waals surface area contributed by atoms with E-state index in [4.69, 9.17) is 1.37 Å². The summed E-state index contributed by atoms with van der Waals surface area (Å²) in [6.45, 7) is 3.04. The van der Waals surface area contributed by atoms with Gasteiger partial charge in [0.25, 0.3) is 0 Å². The van der Waals surface area contributed by atoms with Gasteiger partial charge in [-0.3, -0.25) is 9.63 Å². The second-order valence-corrected chi connectivity index (χ2v) is 1.99. The Morgan fingerprint density at radius 3 is 2.33 bits per heavy atom. The molecule has 0 aromatic heterocycles. The Balaban J connectivity index is 4.09. The molecule has 0 aromatic rings. The SMILES string of the molecule is [2H]C(C)([13CH3])[13C](=O)N(C)OC. The standard InChI is InChI=1S/C6H13NO2/c1-5(2)6(8)7(3)9-4/h5H,1-4H3/i1+1,5D,6+1. The monoisotopic (exact) mass is 134 g/mol. The topological polar surface area (TPSA) is 29.5 Å². The lowest BCUT2D eigenvalue weighted by Crippen LogP contribution is -2.29. The van der Waals surface area contributed by atoms with Gasteiger partial charge in [0.1, 0.15) is 0 Å². The van der Waals surface area contributed by atoms with Crippen LogP contribution in [0.15, 0.2) is 0 Å². The van der Waals surface area contributed by atoms with Gasteiger partial charge in [-0.15, -0.1) is 0 Å². The molecular formula is C6H13NO2. The highest BCUT2D eigenvalue weighted by atomic mass is 16.7. The zero-order chi connectivity index (χ0) is 8.36. The van der Waals surface area contributed by atoms with Crippen LogP contribution in [0.5, 0.6) is 0 Å². The molecule has 0 aliphatic rings. The first-order valence-corrected chi connectivity index (χ1v) is 2.72. The fraction of sp³-hybridized carbons (Fsp3) is 0.833. The Morgan fingerprint density at radius 1 is 1.78 bits per heavy atom. The number of carbonyl (C=O) groups excluding carboxylic acids is 1. The minimum absolute atomic E-state index is 0.352. The summed E-state index contributed by atoms with van der Waals surface area (Å²) in [4.78, 5) is 15.6. The molecule has 0 spiro atoms. The first-order chi connectivity index (χ1) is 4.39. The van der Waals surface area contributed by atoms with E-state index >= 15 is 0 Å². The van der Waals surface area contributed by atoms with Gasteiger partial charge in [-0.2, -0.15) is 0 Å². The molecule has 0 saturated carbocycles. The van der Waals surface area contributed by atoms with E-state index in [1.165, 1.54) is 28.0 Å². The molecule has 1 unspecified atom stereocenters. The van der Waals surface area contributed by atoms with Crippen molar-refractivity contribution in [1.29, 1.82) is 0 Å². The maximum Gasteiger partial charge on any atom is 0.248 e. The van der Waals surface area contributed by atoms with E-state index in [0.29, 0.717) is 0 Å². The van der Waals surface area contributed by atoms with E-state index in [9.17, 15) is 4.79 Å². The highest BCUT2D eigenvalue weighted by Gasteiger charge is 2.10. The zero-order valence-corrected chi connectivity index (χ0v) is 6.26. The molecule has 0 rings (SSSR count). The maximum absolute atomic E-state index is 11.0. The van der Waals surface area contributed by atoms with Crippen LogP contribution in [0.2, 0.25) is 0 Å². The van der Waals surface area contributed by atoms with Crippen molar-refractivity contribution in [3.8, 4) is 0 Å². The number of carbonyl (C=O) groups is 1. The molecule has 1 amide bonds. The van der Waals surface area contributed by atoms with Crippen LogP contribution in [0.4, 0.5) is 0 Å². The molecule has 0 bridgehead atoms. The summed E-state index contributed by atoms with van der Waals surface area (Å²) < 4.78 is 7.30. The molecule has 0 saturated heterocycles.